The van der Waals surface area contributed by atoms with Crippen molar-refractivity contribution in [2.24, 2.45) is 0 Å². The topological polar surface area (TPSA) is 60.8 Å². The maximum Gasteiger partial charge on any atom is 0.181 e. The number of hydrogen-bond acceptors (Lipinski definition) is 5. The van der Waals surface area contributed by atoms with Crippen molar-refractivity contribution in [1.29, 1.82) is 0 Å². The summed E-state index contributed by atoms with van der Waals surface area (Å²) in [5.41, 5.74) is 6.21. The van der Waals surface area contributed by atoms with Crippen LogP contribution in [0.4, 0.5) is 9.52 Å². The predicted octanol–water partition coefficient (Wildman–Crippen LogP) is 2.04. The van der Waals surface area contributed by atoms with Gasteiger partial charge in [0, 0.05) is 17.5 Å². The zero-order valence-corrected chi connectivity index (χ0v) is 9.29. The van der Waals surface area contributed by atoms with Crippen LogP contribution >= 0.6 is 23.1 Å². The zero-order valence-electron chi connectivity index (χ0n) is 7.66. The first-order chi connectivity index (χ1) is 7.22. The molecule has 0 spiro atoms. The molecule has 0 amide bonds. The smallest absolute Gasteiger partial charge is 0.181 e. The monoisotopic (exact) mass is 241 g/mol. The van der Waals surface area contributed by atoms with Crippen LogP contribution in [0.5, 0.6) is 0 Å². The fourth-order valence-electron chi connectivity index (χ4n) is 1.32. The number of nitrogens with one attached hydrogen (secondary N) is 1. The summed E-state index contributed by atoms with van der Waals surface area (Å²) >= 11 is 2.90. The molecule has 3 rings (SSSR count). The van der Waals surface area contributed by atoms with Crippen LogP contribution in [-0.4, -0.2) is 16.9 Å². The zero-order chi connectivity index (χ0) is 10.4. The van der Waals surface area contributed by atoms with Crippen molar-refractivity contribution in [2.45, 2.75) is 10.3 Å². The average Bonchev–Trinajstić information content (AvgIpc) is 2.90. The Balaban J connectivity index is 2.08. The Labute approximate surface area is 93.9 Å². The van der Waals surface area contributed by atoms with Gasteiger partial charge in [-0.3, -0.25) is 0 Å². The average molecular weight is 241 g/mol. The number of thiazole rings is 1. The molecule has 3 nitrogen and oxygen atoms in total. The third-order valence-electron chi connectivity index (χ3n) is 2.10. The van der Waals surface area contributed by atoms with Gasteiger partial charge in [-0.1, -0.05) is 11.3 Å². The molecule has 0 saturated carbocycles. The van der Waals surface area contributed by atoms with Gasteiger partial charge in [-0.15, -0.1) is 11.8 Å². The van der Waals surface area contributed by atoms with Crippen molar-refractivity contribution < 1.29 is 4.39 Å². The van der Waals surface area contributed by atoms with Gasteiger partial charge >= 0.3 is 0 Å². The molecule has 78 valence electrons. The molecule has 2 aromatic rings. The Bertz CT molecular complexity index is 521. The van der Waals surface area contributed by atoms with E-state index < -0.39 is 0 Å². The number of anilines is 1. The van der Waals surface area contributed by atoms with Crippen LogP contribution in [0.15, 0.2) is 17.0 Å². The van der Waals surface area contributed by atoms with Crippen LogP contribution in [0.25, 0.3) is 10.2 Å². The van der Waals surface area contributed by atoms with Crippen molar-refractivity contribution in [3.8, 4) is 0 Å². The van der Waals surface area contributed by atoms with Gasteiger partial charge in [0.1, 0.15) is 5.82 Å². The highest BCUT2D eigenvalue weighted by atomic mass is 32.2. The number of nitrogen functional groups attached to an aromatic ring is 1. The van der Waals surface area contributed by atoms with Gasteiger partial charge in [0.25, 0.3) is 0 Å². The molecule has 6 heteroatoms. The molecule has 0 bridgehead atoms. The highest BCUT2D eigenvalue weighted by molar-refractivity contribution is 8.00. The summed E-state index contributed by atoms with van der Waals surface area (Å²) in [6.45, 7) is 0.951. The molecular formula is C9H8FN3S2. The third kappa shape index (κ3) is 1.80. The Hall–Kier alpha value is -0.850. The molecule has 1 aliphatic rings. The number of fused-ring (bicyclic) bond motifs is 1. The van der Waals surface area contributed by atoms with Crippen LogP contribution in [0, 0.1) is 5.82 Å². The minimum absolute atomic E-state index is 0.216. The standard InChI is InChI=1S/C9H8FN3S2/c10-4-1-5-7(15-9(11)13-5)2-6(4)14-8-3-12-8/h1-2,8,12H,3H2,(H2,11,13). The lowest BCUT2D eigenvalue weighted by atomic mass is 10.3. The van der Waals surface area contributed by atoms with Gasteiger partial charge in [0.2, 0.25) is 0 Å². The van der Waals surface area contributed by atoms with Gasteiger partial charge in [0.15, 0.2) is 5.13 Å². The number of nitrogens with zero attached hydrogens (tertiary/aromatic N) is 1. The van der Waals surface area contributed by atoms with Crippen molar-refractivity contribution in [3.63, 3.8) is 0 Å². The van der Waals surface area contributed by atoms with E-state index in [9.17, 15) is 4.39 Å². The molecule has 15 heavy (non-hydrogen) atoms. The van der Waals surface area contributed by atoms with E-state index in [4.69, 9.17) is 5.73 Å². The molecule has 3 N–H and O–H groups in total. The van der Waals surface area contributed by atoms with E-state index in [1.165, 1.54) is 29.2 Å². The molecule has 1 unspecified atom stereocenters. The molecule has 2 heterocycles. The van der Waals surface area contributed by atoms with E-state index in [2.05, 4.69) is 10.3 Å². The maximum atomic E-state index is 13.6. The molecule has 1 aromatic carbocycles. The van der Waals surface area contributed by atoms with E-state index in [1.807, 2.05) is 6.07 Å². The molecule has 1 fully saturated rings. The Morgan fingerprint density at radius 1 is 1.60 bits per heavy atom. The van der Waals surface area contributed by atoms with E-state index in [0.717, 1.165) is 11.2 Å². The number of hydrogen-bond donors (Lipinski definition) is 2. The maximum absolute atomic E-state index is 13.6. The molecular weight excluding hydrogens is 233 g/mol. The van der Waals surface area contributed by atoms with Crippen LogP contribution in [0.1, 0.15) is 0 Å². The minimum atomic E-state index is -0.216. The second kappa shape index (κ2) is 3.33. The number of thioether (sulfide) groups is 1. The Morgan fingerprint density at radius 2 is 2.40 bits per heavy atom. The minimum Gasteiger partial charge on any atom is -0.375 e. The third-order valence-corrected chi connectivity index (χ3v) is 4.13. The quantitative estimate of drug-likeness (QED) is 0.790. The Morgan fingerprint density at radius 3 is 3.13 bits per heavy atom. The first kappa shape index (κ1) is 9.38. The molecule has 1 aromatic heterocycles. The molecule has 1 saturated heterocycles. The number of benzene rings is 1. The summed E-state index contributed by atoms with van der Waals surface area (Å²) < 4.78 is 14.5. The summed E-state index contributed by atoms with van der Waals surface area (Å²) in [6, 6.07) is 3.27. The van der Waals surface area contributed by atoms with Gasteiger partial charge in [-0.25, -0.2) is 9.37 Å². The van der Waals surface area contributed by atoms with E-state index in [-0.39, 0.29) is 5.82 Å². The van der Waals surface area contributed by atoms with Gasteiger partial charge in [0.05, 0.1) is 15.6 Å². The van der Waals surface area contributed by atoms with E-state index in [1.54, 1.807) is 0 Å². The summed E-state index contributed by atoms with van der Waals surface area (Å²) in [7, 11) is 0. The highest BCUT2D eigenvalue weighted by Gasteiger charge is 2.23. The van der Waals surface area contributed by atoms with Crippen LogP contribution < -0.4 is 11.1 Å². The Kier molecular flexibility index (Phi) is 2.08. The summed E-state index contributed by atoms with van der Waals surface area (Å²) in [6.07, 6.45) is 0. The molecule has 1 atom stereocenters. The first-order valence-electron chi connectivity index (χ1n) is 4.48. The van der Waals surface area contributed by atoms with Gasteiger partial charge < -0.3 is 11.1 Å². The lowest BCUT2D eigenvalue weighted by molar-refractivity contribution is 0.604. The second-order valence-electron chi connectivity index (χ2n) is 3.32. The summed E-state index contributed by atoms with van der Waals surface area (Å²) in [5, 5.41) is 3.97. The fourth-order valence-corrected chi connectivity index (χ4v) is 3.08. The predicted molar refractivity (Wildman–Crippen MR) is 61.6 cm³/mol. The van der Waals surface area contributed by atoms with Crippen LogP contribution in [0.3, 0.4) is 0 Å². The normalized spacial score (nSPS) is 19.7. The molecule has 0 aliphatic carbocycles. The highest BCUT2D eigenvalue weighted by Crippen LogP contribution is 2.34. The van der Waals surface area contributed by atoms with Crippen LogP contribution in [-0.2, 0) is 0 Å². The number of rotatable bonds is 2. The van der Waals surface area contributed by atoms with Crippen molar-refractivity contribution in [1.82, 2.24) is 10.3 Å². The van der Waals surface area contributed by atoms with Crippen LogP contribution in [0.2, 0.25) is 0 Å². The lowest BCUT2D eigenvalue weighted by Gasteiger charge is -2.00. The van der Waals surface area contributed by atoms with E-state index >= 15 is 0 Å². The summed E-state index contributed by atoms with van der Waals surface area (Å²) in [5.74, 6) is -0.216. The summed E-state index contributed by atoms with van der Waals surface area (Å²) in [4.78, 5) is 4.71. The van der Waals surface area contributed by atoms with Gasteiger partial charge in [-0.05, 0) is 6.07 Å². The van der Waals surface area contributed by atoms with Crippen molar-refractivity contribution in [2.75, 3.05) is 12.3 Å². The second-order valence-corrected chi connectivity index (χ2v) is 5.62. The number of aromatic nitrogens is 1. The molecule has 0 radical (unpaired) electrons. The van der Waals surface area contributed by atoms with Gasteiger partial charge in [-0.2, -0.15) is 0 Å². The fraction of sp³-hybridized carbons (Fsp3) is 0.222. The van der Waals surface area contributed by atoms with E-state index in [0.29, 0.717) is 20.9 Å². The number of nitrogens with two attached hydrogens (primary N) is 1. The first-order valence-corrected chi connectivity index (χ1v) is 6.17. The lowest BCUT2D eigenvalue weighted by Crippen LogP contribution is -1.86. The largest absolute Gasteiger partial charge is 0.375 e. The number of halogens is 1. The van der Waals surface area contributed by atoms with Crippen molar-refractivity contribution >= 4 is 38.4 Å². The molecule has 1 aliphatic heterocycles. The van der Waals surface area contributed by atoms with Crippen molar-refractivity contribution in [3.05, 3.63) is 17.9 Å². The SMILES string of the molecule is Nc1nc2cc(F)c(SC3CN3)cc2s1.